The van der Waals surface area contributed by atoms with E-state index in [4.69, 9.17) is 4.52 Å². The summed E-state index contributed by atoms with van der Waals surface area (Å²) in [6.45, 7) is 10.5. The lowest BCUT2D eigenvalue weighted by molar-refractivity contribution is 0.376. The first-order valence-electron chi connectivity index (χ1n) is 8.61. The Morgan fingerprint density at radius 1 is 1.25 bits per heavy atom. The smallest absolute Gasteiger partial charge is 0.191 e. The van der Waals surface area contributed by atoms with Crippen LogP contribution in [0.25, 0.3) is 0 Å². The Hall–Kier alpha value is -2.30. The van der Waals surface area contributed by atoms with Gasteiger partial charge in [-0.25, -0.2) is 4.99 Å². The molecule has 1 aromatic carbocycles. The van der Waals surface area contributed by atoms with E-state index in [1.807, 2.05) is 6.07 Å². The molecule has 0 saturated carbocycles. The SMILES string of the molecule is CCNC(=NCc1cc(C(C)C)no1)NCCc1cccc(C)c1. The lowest BCUT2D eigenvalue weighted by Gasteiger charge is -2.11. The van der Waals surface area contributed by atoms with E-state index in [9.17, 15) is 0 Å². The fourth-order valence-electron chi connectivity index (χ4n) is 2.37. The zero-order valence-electron chi connectivity index (χ0n) is 15.1. The van der Waals surface area contributed by atoms with Crippen LogP contribution in [0.2, 0.25) is 0 Å². The van der Waals surface area contributed by atoms with Gasteiger partial charge in [0.1, 0.15) is 6.54 Å². The number of rotatable bonds is 7. The van der Waals surface area contributed by atoms with E-state index in [0.29, 0.717) is 12.5 Å². The van der Waals surface area contributed by atoms with Gasteiger partial charge < -0.3 is 15.2 Å². The molecule has 1 heterocycles. The van der Waals surface area contributed by atoms with E-state index < -0.39 is 0 Å². The third kappa shape index (κ3) is 5.72. The first-order chi connectivity index (χ1) is 11.6. The van der Waals surface area contributed by atoms with Gasteiger partial charge in [0, 0.05) is 19.2 Å². The van der Waals surface area contributed by atoms with Gasteiger partial charge in [0.15, 0.2) is 11.7 Å². The van der Waals surface area contributed by atoms with E-state index in [1.165, 1.54) is 11.1 Å². The van der Waals surface area contributed by atoms with Crippen molar-refractivity contribution in [3.05, 3.63) is 52.9 Å². The molecule has 5 heteroatoms. The average Bonchev–Trinajstić information content (AvgIpc) is 3.02. The van der Waals surface area contributed by atoms with Crippen LogP contribution in [0, 0.1) is 6.92 Å². The molecular weight excluding hydrogens is 300 g/mol. The molecule has 24 heavy (non-hydrogen) atoms. The van der Waals surface area contributed by atoms with Crippen molar-refractivity contribution in [3.8, 4) is 0 Å². The summed E-state index contributed by atoms with van der Waals surface area (Å²) < 4.78 is 5.33. The second-order valence-corrected chi connectivity index (χ2v) is 6.23. The van der Waals surface area contributed by atoms with E-state index >= 15 is 0 Å². The van der Waals surface area contributed by atoms with Gasteiger partial charge in [0.05, 0.1) is 5.69 Å². The van der Waals surface area contributed by atoms with Gasteiger partial charge in [-0.3, -0.25) is 0 Å². The lowest BCUT2D eigenvalue weighted by Crippen LogP contribution is -2.38. The number of nitrogens with one attached hydrogen (secondary N) is 2. The number of aryl methyl sites for hydroxylation is 1. The minimum Gasteiger partial charge on any atom is -0.359 e. The average molecular weight is 328 g/mol. The Balaban J connectivity index is 1.87. The van der Waals surface area contributed by atoms with Gasteiger partial charge >= 0.3 is 0 Å². The summed E-state index contributed by atoms with van der Waals surface area (Å²) in [5.74, 6) is 1.95. The fraction of sp³-hybridized carbons (Fsp3) is 0.474. The summed E-state index contributed by atoms with van der Waals surface area (Å²) in [5.41, 5.74) is 3.59. The maximum Gasteiger partial charge on any atom is 0.191 e. The number of hydrogen-bond donors (Lipinski definition) is 2. The topological polar surface area (TPSA) is 62.5 Å². The zero-order valence-corrected chi connectivity index (χ0v) is 15.1. The maximum absolute atomic E-state index is 5.33. The second kappa shape index (κ2) is 9.11. The molecule has 0 aliphatic rings. The summed E-state index contributed by atoms with van der Waals surface area (Å²) in [5, 5.41) is 10.7. The van der Waals surface area contributed by atoms with Gasteiger partial charge in [0.25, 0.3) is 0 Å². The predicted molar refractivity (Wildman–Crippen MR) is 98.3 cm³/mol. The number of guanidine groups is 1. The number of nitrogens with zero attached hydrogens (tertiary/aromatic N) is 2. The summed E-state index contributed by atoms with van der Waals surface area (Å²) in [6, 6.07) is 10.6. The van der Waals surface area contributed by atoms with Crippen LogP contribution in [0.3, 0.4) is 0 Å². The van der Waals surface area contributed by atoms with Crippen LogP contribution in [-0.4, -0.2) is 24.2 Å². The molecular formula is C19H28N4O. The fourth-order valence-corrected chi connectivity index (χ4v) is 2.37. The summed E-state index contributed by atoms with van der Waals surface area (Å²) in [4.78, 5) is 4.57. The highest BCUT2D eigenvalue weighted by atomic mass is 16.5. The Labute approximate surface area is 144 Å². The molecule has 2 aromatic rings. The van der Waals surface area contributed by atoms with E-state index in [0.717, 1.165) is 36.9 Å². The Kier molecular flexibility index (Phi) is 6.85. The van der Waals surface area contributed by atoms with Crippen molar-refractivity contribution in [3.63, 3.8) is 0 Å². The first-order valence-corrected chi connectivity index (χ1v) is 8.61. The number of aromatic nitrogens is 1. The molecule has 0 saturated heterocycles. The largest absolute Gasteiger partial charge is 0.359 e. The Morgan fingerprint density at radius 3 is 2.75 bits per heavy atom. The van der Waals surface area contributed by atoms with Crippen LogP contribution >= 0.6 is 0 Å². The summed E-state index contributed by atoms with van der Waals surface area (Å²) in [6.07, 6.45) is 0.964. The van der Waals surface area contributed by atoms with E-state index in [1.54, 1.807) is 0 Å². The minimum atomic E-state index is 0.368. The van der Waals surface area contributed by atoms with Crippen LogP contribution < -0.4 is 10.6 Å². The van der Waals surface area contributed by atoms with Gasteiger partial charge in [-0.1, -0.05) is 48.8 Å². The van der Waals surface area contributed by atoms with Crippen molar-refractivity contribution >= 4 is 5.96 Å². The van der Waals surface area contributed by atoms with Crippen molar-refractivity contribution in [2.75, 3.05) is 13.1 Å². The van der Waals surface area contributed by atoms with Gasteiger partial charge in [-0.15, -0.1) is 0 Å². The molecule has 0 atom stereocenters. The zero-order chi connectivity index (χ0) is 17.4. The minimum absolute atomic E-state index is 0.368. The third-order valence-electron chi connectivity index (χ3n) is 3.69. The number of benzene rings is 1. The predicted octanol–water partition coefficient (Wildman–Crippen LogP) is 3.40. The quantitative estimate of drug-likeness (QED) is 0.604. The second-order valence-electron chi connectivity index (χ2n) is 6.23. The van der Waals surface area contributed by atoms with Crippen molar-refractivity contribution in [2.24, 2.45) is 4.99 Å². The van der Waals surface area contributed by atoms with Crippen LogP contribution in [0.15, 0.2) is 39.8 Å². The van der Waals surface area contributed by atoms with Crippen LogP contribution in [0.1, 0.15) is 49.3 Å². The van der Waals surface area contributed by atoms with Crippen LogP contribution in [0.4, 0.5) is 0 Å². The lowest BCUT2D eigenvalue weighted by atomic mass is 10.1. The summed E-state index contributed by atoms with van der Waals surface area (Å²) >= 11 is 0. The molecule has 5 nitrogen and oxygen atoms in total. The van der Waals surface area contributed by atoms with Crippen molar-refractivity contribution < 1.29 is 4.52 Å². The van der Waals surface area contributed by atoms with Crippen molar-refractivity contribution in [1.82, 2.24) is 15.8 Å². The van der Waals surface area contributed by atoms with Crippen molar-refractivity contribution in [2.45, 2.75) is 46.6 Å². The van der Waals surface area contributed by atoms with Crippen LogP contribution in [-0.2, 0) is 13.0 Å². The maximum atomic E-state index is 5.33. The third-order valence-corrected chi connectivity index (χ3v) is 3.69. The monoisotopic (exact) mass is 328 g/mol. The van der Waals surface area contributed by atoms with Gasteiger partial charge in [-0.05, 0) is 31.7 Å². The molecule has 2 N–H and O–H groups in total. The van der Waals surface area contributed by atoms with Crippen LogP contribution in [0.5, 0.6) is 0 Å². The Morgan fingerprint density at radius 2 is 2.08 bits per heavy atom. The molecule has 0 fully saturated rings. The highest BCUT2D eigenvalue weighted by Crippen LogP contribution is 2.14. The molecule has 0 aliphatic heterocycles. The first kappa shape index (κ1) is 18.0. The highest BCUT2D eigenvalue weighted by Gasteiger charge is 2.07. The van der Waals surface area contributed by atoms with E-state index in [2.05, 4.69) is 72.7 Å². The molecule has 0 aliphatic carbocycles. The molecule has 0 unspecified atom stereocenters. The number of aliphatic imine (C=N–C) groups is 1. The molecule has 130 valence electrons. The number of hydrogen-bond acceptors (Lipinski definition) is 3. The summed E-state index contributed by atoms with van der Waals surface area (Å²) in [7, 11) is 0. The Bertz CT molecular complexity index is 661. The van der Waals surface area contributed by atoms with Crippen molar-refractivity contribution in [1.29, 1.82) is 0 Å². The normalized spacial score (nSPS) is 11.8. The van der Waals surface area contributed by atoms with E-state index in [-0.39, 0.29) is 0 Å². The molecule has 0 amide bonds. The molecule has 1 aromatic heterocycles. The standard InChI is InChI=1S/C19H28N4O/c1-5-20-19(21-10-9-16-8-6-7-15(4)11-16)22-13-17-12-18(14(2)3)23-24-17/h6-8,11-12,14H,5,9-10,13H2,1-4H3,(H2,20,21,22). The molecule has 0 radical (unpaired) electrons. The molecule has 0 bridgehead atoms. The van der Waals surface area contributed by atoms with Gasteiger partial charge in [0.2, 0.25) is 0 Å². The molecule has 0 spiro atoms. The molecule has 2 rings (SSSR count). The highest BCUT2D eigenvalue weighted by molar-refractivity contribution is 5.79. The van der Waals surface area contributed by atoms with Gasteiger partial charge in [-0.2, -0.15) is 0 Å².